The molecule has 0 bridgehead atoms. The van der Waals surface area contributed by atoms with Crippen molar-refractivity contribution in [2.45, 2.75) is 26.2 Å². The van der Waals surface area contributed by atoms with E-state index in [4.69, 9.17) is 0 Å². The lowest BCUT2D eigenvalue weighted by molar-refractivity contribution is -0.211. The Morgan fingerprint density at radius 2 is 2.23 bits per heavy atom. The van der Waals surface area contributed by atoms with Crippen LogP contribution in [-0.2, 0) is 9.53 Å². The third-order valence-corrected chi connectivity index (χ3v) is 3.42. The second-order valence-electron chi connectivity index (χ2n) is 3.91. The Bertz CT molecular complexity index is 264. The highest BCUT2D eigenvalue weighted by Gasteiger charge is 2.88. The fourth-order valence-electron chi connectivity index (χ4n) is 2.47. The van der Waals surface area contributed by atoms with Crippen LogP contribution in [0.15, 0.2) is 0 Å². The van der Waals surface area contributed by atoms with E-state index in [9.17, 15) is 13.6 Å². The van der Waals surface area contributed by atoms with E-state index in [1.54, 1.807) is 6.92 Å². The summed E-state index contributed by atoms with van der Waals surface area (Å²) in [7, 11) is 0. The molecule has 2 rings (SSSR count). The first-order valence-electron chi connectivity index (χ1n) is 4.53. The molecule has 0 aromatic carbocycles. The molecule has 0 aromatic heterocycles. The molecule has 0 unspecified atom stereocenters. The minimum atomic E-state index is -2.84. The van der Waals surface area contributed by atoms with Gasteiger partial charge in [0.25, 0.3) is 5.92 Å². The van der Waals surface area contributed by atoms with Crippen LogP contribution in [-0.4, -0.2) is 18.5 Å². The van der Waals surface area contributed by atoms with Gasteiger partial charge in [-0.3, -0.25) is 4.79 Å². The Labute approximate surface area is 75.3 Å². The van der Waals surface area contributed by atoms with E-state index in [0.717, 1.165) is 0 Å². The number of ether oxygens (including phenoxy) is 1. The van der Waals surface area contributed by atoms with Gasteiger partial charge in [0.05, 0.1) is 6.61 Å². The lowest BCUT2D eigenvalue weighted by atomic mass is 9.71. The molecule has 2 nitrogen and oxygen atoms in total. The van der Waals surface area contributed by atoms with Crippen molar-refractivity contribution in [3.63, 3.8) is 0 Å². The van der Waals surface area contributed by atoms with E-state index in [-0.39, 0.29) is 12.5 Å². The molecule has 4 heteroatoms. The fourth-order valence-corrected chi connectivity index (χ4v) is 2.47. The molecular formula is C9H12F2O2. The number of carbonyl (C=O) groups excluding carboxylic acids is 1. The highest BCUT2D eigenvalue weighted by Crippen LogP contribution is 2.78. The summed E-state index contributed by atoms with van der Waals surface area (Å²) < 4.78 is 31.2. The van der Waals surface area contributed by atoms with Gasteiger partial charge in [0, 0.05) is 5.92 Å². The van der Waals surface area contributed by atoms with Crippen molar-refractivity contribution >= 4 is 5.97 Å². The molecule has 0 amide bonds. The van der Waals surface area contributed by atoms with E-state index < -0.39 is 23.2 Å². The van der Waals surface area contributed by atoms with Crippen LogP contribution in [0.3, 0.4) is 0 Å². The Kier molecular flexibility index (Phi) is 1.52. The van der Waals surface area contributed by atoms with Crippen LogP contribution in [0.2, 0.25) is 0 Å². The van der Waals surface area contributed by atoms with Gasteiger partial charge in [-0.05, 0) is 19.3 Å². The number of carbonyl (C=O) groups is 1. The van der Waals surface area contributed by atoms with Gasteiger partial charge in [-0.15, -0.1) is 0 Å². The van der Waals surface area contributed by atoms with Crippen LogP contribution in [0, 0.1) is 17.3 Å². The monoisotopic (exact) mass is 190 g/mol. The molecule has 2 fully saturated rings. The molecule has 2 saturated carbocycles. The first-order chi connectivity index (χ1) is 5.98. The minimum absolute atomic E-state index is 0.137. The molecule has 2 aliphatic carbocycles. The van der Waals surface area contributed by atoms with Crippen molar-refractivity contribution in [2.75, 3.05) is 6.61 Å². The Morgan fingerprint density at radius 1 is 1.62 bits per heavy atom. The zero-order valence-corrected chi connectivity index (χ0v) is 7.64. The normalized spacial score (nSPS) is 44.6. The third kappa shape index (κ3) is 0.747. The summed E-state index contributed by atoms with van der Waals surface area (Å²) in [4.78, 5) is 11.2. The van der Waals surface area contributed by atoms with Crippen LogP contribution < -0.4 is 0 Å². The molecular weight excluding hydrogens is 178 g/mol. The Morgan fingerprint density at radius 3 is 2.62 bits per heavy atom. The minimum Gasteiger partial charge on any atom is -0.465 e. The summed E-state index contributed by atoms with van der Waals surface area (Å²) >= 11 is 0. The van der Waals surface area contributed by atoms with Gasteiger partial charge in [0.15, 0.2) is 0 Å². The topological polar surface area (TPSA) is 26.3 Å². The summed E-state index contributed by atoms with van der Waals surface area (Å²) in [6.45, 7) is 3.30. The number of hydrogen-bond acceptors (Lipinski definition) is 2. The van der Waals surface area contributed by atoms with Crippen molar-refractivity contribution in [3.05, 3.63) is 0 Å². The van der Waals surface area contributed by atoms with Crippen LogP contribution >= 0.6 is 0 Å². The maximum absolute atomic E-state index is 13.3. The molecule has 0 aromatic rings. The molecule has 0 N–H and O–H groups in total. The van der Waals surface area contributed by atoms with Gasteiger partial charge in [-0.25, -0.2) is 8.78 Å². The van der Waals surface area contributed by atoms with Gasteiger partial charge in [-0.1, -0.05) is 6.92 Å². The summed E-state index contributed by atoms with van der Waals surface area (Å²) in [5, 5.41) is 0. The molecule has 0 saturated heterocycles. The number of rotatable bonds is 2. The first-order valence-corrected chi connectivity index (χ1v) is 4.53. The van der Waals surface area contributed by atoms with Gasteiger partial charge in [0.2, 0.25) is 0 Å². The standard InChI is InChI=1S/C9H12F2O2/c1-3-13-7(12)8-4-6(8)5(2)9(8,10)11/h5-6H,3-4H2,1-2H3/t5-,6-,8-/m0/s1. The van der Waals surface area contributed by atoms with Crippen LogP contribution in [0.1, 0.15) is 20.3 Å². The van der Waals surface area contributed by atoms with E-state index in [1.807, 2.05) is 0 Å². The summed E-state index contributed by atoms with van der Waals surface area (Å²) in [5.74, 6) is -4.34. The van der Waals surface area contributed by atoms with Crippen molar-refractivity contribution in [2.24, 2.45) is 17.3 Å². The number of alkyl halides is 2. The van der Waals surface area contributed by atoms with Crippen LogP contribution in [0.5, 0.6) is 0 Å². The Hall–Kier alpha value is -0.670. The maximum Gasteiger partial charge on any atom is 0.318 e. The second-order valence-corrected chi connectivity index (χ2v) is 3.91. The first kappa shape index (κ1) is 8.91. The predicted octanol–water partition coefficient (Wildman–Crippen LogP) is 1.84. The fraction of sp³-hybridized carbons (Fsp3) is 0.889. The highest BCUT2D eigenvalue weighted by molar-refractivity contribution is 5.84. The SMILES string of the molecule is CCOC(=O)[C@]12C[C@H]1[C@H](C)C2(F)F. The molecule has 74 valence electrons. The lowest BCUT2D eigenvalue weighted by Gasteiger charge is -2.40. The smallest absolute Gasteiger partial charge is 0.318 e. The summed E-state index contributed by atoms with van der Waals surface area (Å²) in [6.07, 6.45) is 0.306. The van der Waals surface area contributed by atoms with Gasteiger partial charge < -0.3 is 4.74 Å². The van der Waals surface area contributed by atoms with Gasteiger partial charge >= 0.3 is 5.97 Å². The average Bonchev–Trinajstić information content (AvgIpc) is 2.77. The van der Waals surface area contributed by atoms with Gasteiger partial charge in [0.1, 0.15) is 5.41 Å². The van der Waals surface area contributed by atoms with E-state index in [2.05, 4.69) is 4.74 Å². The highest BCUT2D eigenvalue weighted by atomic mass is 19.3. The molecule has 3 atom stereocenters. The summed E-state index contributed by atoms with van der Waals surface area (Å²) in [5.41, 5.74) is -1.43. The second kappa shape index (κ2) is 2.22. The molecule has 0 aliphatic heterocycles. The zero-order valence-electron chi connectivity index (χ0n) is 7.64. The predicted molar refractivity (Wildman–Crippen MR) is 41.3 cm³/mol. The van der Waals surface area contributed by atoms with Crippen LogP contribution in [0.25, 0.3) is 0 Å². The third-order valence-electron chi connectivity index (χ3n) is 3.42. The van der Waals surface area contributed by atoms with E-state index in [0.29, 0.717) is 6.42 Å². The number of halogens is 2. The van der Waals surface area contributed by atoms with E-state index >= 15 is 0 Å². The Balaban J connectivity index is 2.14. The molecule has 13 heavy (non-hydrogen) atoms. The van der Waals surface area contributed by atoms with E-state index in [1.165, 1.54) is 6.92 Å². The number of hydrogen-bond donors (Lipinski definition) is 0. The van der Waals surface area contributed by atoms with Crippen molar-refractivity contribution in [1.82, 2.24) is 0 Å². The quantitative estimate of drug-likeness (QED) is 0.621. The summed E-state index contributed by atoms with van der Waals surface area (Å²) in [6, 6.07) is 0. The molecule has 2 aliphatic rings. The van der Waals surface area contributed by atoms with Gasteiger partial charge in [-0.2, -0.15) is 0 Å². The molecule has 0 spiro atoms. The molecule has 0 heterocycles. The van der Waals surface area contributed by atoms with Crippen molar-refractivity contribution in [3.8, 4) is 0 Å². The van der Waals surface area contributed by atoms with Crippen LogP contribution in [0.4, 0.5) is 8.78 Å². The molecule has 0 radical (unpaired) electrons. The number of fused-ring (bicyclic) bond motifs is 1. The maximum atomic E-state index is 13.3. The van der Waals surface area contributed by atoms with Crippen molar-refractivity contribution < 1.29 is 18.3 Å². The largest absolute Gasteiger partial charge is 0.465 e. The van der Waals surface area contributed by atoms with Crippen molar-refractivity contribution in [1.29, 1.82) is 0 Å². The number of esters is 1. The zero-order chi connectivity index (χ0) is 9.85. The average molecular weight is 190 g/mol. The lowest BCUT2D eigenvalue weighted by Crippen LogP contribution is -2.54.